The van der Waals surface area contributed by atoms with E-state index >= 15 is 0 Å². The highest BCUT2D eigenvalue weighted by atomic mass is 19.1. The molecule has 28 heavy (non-hydrogen) atoms. The van der Waals surface area contributed by atoms with Gasteiger partial charge in [-0.25, -0.2) is 9.18 Å². The Morgan fingerprint density at radius 3 is 2.29 bits per heavy atom. The maximum atomic E-state index is 14.9. The average molecular weight is 374 g/mol. The zero-order valence-electron chi connectivity index (χ0n) is 16.2. The van der Waals surface area contributed by atoms with Gasteiger partial charge in [0.1, 0.15) is 0 Å². The second kappa shape index (κ2) is 7.59. The Hall–Kier alpha value is -2.94. The topological polar surface area (TPSA) is 30.2 Å². The van der Waals surface area contributed by atoms with Crippen molar-refractivity contribution in [3.63, 3.8) is 0 Å². The minimum absolute atomic E-state index is 0.0613. The molecule has 0 N–H and O–H groups in total. The highest BCUT2D eigenvalue weighted by Crippen LogP contribution is 2.30. The van der Waals surface area contributed by atoms with Crippen LogP contribution in [0.25, 0.3) is 32.9 Å². The van der Waals surface area contributed by atoms with Gasteiger partial charge in [-0.1, -0.05) is 68.8 Å². The number of aryl methyl sites for hydroxylation is 2. The van der Waals surface area contributed by atoms with Crippen molar-refractivity contribution in [2.45, 2.75) is 39.5 Å². The molecule has 0 spiro atoms. The fraction of sp³-hybridized carbons (Fsp3) is 0.240. The molecule has 1 heterocycles. The van der Waals surface area contributed by atoms with Gasteiger partial charge in [-0.05, 0) is 47.6 Å². The SMILES string of the molecule is CCCCc1ccc2c(oc(=O)c3cc(-c4ccc(CC)cc4)ccc32)c1F. The van der Waals surface area contributed by atoms with Crippen LogP contribution < -0.4 is 5.63 Å². The zero-order chi connectivity index (χ0) is 19.7. The third-order valence-corrected chi connectivity index (χ3v) is 5.40. The summed E-state index contributed by atoms with van der Waals surface area (Å²) in [5, 5.41) is 1.84. The lowest BCUT2D eigenvalue weighted by molar-refractivity contribution is 0.523. The van der Waals surface area contributed by atoms with E-state index in [0.29, 0.717) is 22.8 Å². The van der Waals surface area contributed by atoms with Crippen molar-refractivity contribution in [3.05, 3.63) is 82.0 Å². The van der Waals surface area contributed by atoms with Crippen LogP contribution in [-0.2, 0) is 12.8 Å². The molecule has 0 radical (unpaired) electrons. The van der Waals surface area contributed by atoms with Gasteiger partial charge in [-0.3, -0.25) is 0 Å². The first kappa shape index (κ1) is 18.4. The summed E-state index contributed by atoms with van der Waals surface area (Å²) in [6.45, 7) is 4.19. The Morgan fingerprint density at radius 1 is 0.857 bits per heavy atom. The molecule has 0 saturated heterocycles. The van der Waals surface area contributed by atoms with E-state index in [-0.39, 0.29) is 5.58 Å². The van der Waals surface area contributed by atoms with Crippen LogP contribution in [0.2, 0.25) is 0 Å². The standard InChI is InChI=1S/C25H23FO2/c1-3-5-6-18-11-14-21-20-13-12-19(17-9-7-16(4-2)8-10-17)15-22(20)25(27)28-24(21)23(18)26/h7-15H,3-6H2,1-2H3. The fourth-order valence-electron chi connectivity index (χ4n) is 3.68. The van der Waals surface area contributed by atoms with Crippen molar-refractivity contribution < 1.29 is 8.81 Å². The predicted octanol–water partition coefficient (Wildman–Crippen LogP) is 6.66. The zero-order valence-corrected chi connectivity index (χ0v) is 16.2. The molecular weight excluding hydrogens is 351 g/mol. The molecule has 0 fully saturated rings. The van der Waals surface area contributed by atoms with Crippen molar-refractivity contribution in [2.75, 3.05) is 0 Å². The molecule has 4 rings (SSSR count). The summed E-state index contributed by atoms with van der Waals surface area (Å²) in [5.41, 5.74) is 3.42. The van der Waals surface area contributed by atoms with E-state index in [9.17, 15) is 9.18 Å². The Bertz CT molecular complexity index is 1200. The molecule has 2 nitrogen and oxygen atoms in total. The number of fused-ring (bicyclic) bond motifs is 3. The lowest BCUT2D eigenvalue weighted by Gasteiger charge is -2.09. The summed E-state index contributed by atoms with van der Waals surface area (Å²) in [5.74, 6) is -0.413. The second-order valence-corrected chi connectivity index (χ2v) is 7.22. The first-order chi connectivity index (χ1) is 13.6. The molecule has 0 amide bonds. The molecule has 3 aromatic carbocycles. The predicted molar refractivity (Wildman–Crippen MR) is 113 cm³/mol. The van der Waals surface area contributed by atoms with Crippen molar-refractivity contribution >= 4 is 21.7 Å². The van der Waals surface area contributed by atoms with Crippen molar-refractivity contribution in [3.8, 4) is 11.1 Å². The van der Waals surface area contributed by atoms with Crippen LogP contribution in [0.5, 0.6) is 0 Å². The van der Waals surface area contributed by atoms with E-state index < -0.39 is 11.4 Å². The first-order valence-corrected chi connectivity index (χ1v) is 9.89. The van der Waals surface area contributed by atoms with Crippen LogP contribution in [0.3, 0.4) is 0 Å². The quantitative estimate of drug-likeness (QED) is 0.289. The highest BCUT2D eigenvalue weighted by Gasteiger charge is 2.15. The van der Waals surface area contributed by atoms with E-state index in [1.54, 1.807) is 0 Å². The highest BCUT2D eigenvalue weighted by molar-refractivity contribution is 6.05. The van der Waals surface area contributed by atoms with E-state index in [0.717, 1.165) is 35.8 Å². The summed E-state index contributed by atoms with van der Waals surface area (Å²) < 4.78 is 20.3. The summed E-state index contributed by atoms with van der Waals surface area (Å²) in [7, 11) is 0. The Morgan fingerprint density at radius 2 is 1.57 bits per heavy atom. The van der Waals surface area contributed by atoms with E-state index in [1.807, 2.05) is 30.3 Å². The number of hydrogen-bond acceptors (Lipinski definition) is 2. The molecule has 0 saturated carbocycles. The van der Waals surface area contributed by atoms with Crippen LogP contribution in [-0.4, -0.2) is 0 Å². The number of benzene rings is 3. The largest absolute Gasteiger partial charge is 0.419 e. The van der Waals surface area contributed by atoms with E-state index in [2.05, 4.69) is 38.1 Å². The van der Waals surface area contributed by atoms with Crippen molar-refractivity contribution in [1.82, 2.24) is 0 Å². The van der Waals surface area contributed by atoms with Crippen molar-refractivity contribution in [1.29, 1.82) is 0 Å². The fourth-order valence-corrected chi connectivity index (χ4v) is 3.68. The van der Waals surface area contributed by atoms with Gasteiger partial charge in [0.05, 0.1) is 5.39 Å². The molecule has 0 bridgehead atoms. The third-order valence-electron chi connectivity index (χ3n) is 5.40. The molecule has 142 valence electrons. The Kier molecular flexibility index (Phi) is 4.99. The molecule has 0 aliphatic heterocycles. The minimum atomic E-state index is -0.499. The maximum absolute atomic E-state index is 14.9. The van der Waals surface area contributed by atoms with Gasteiger partial charge < -0.3 is 4.42 Å². The van der Waals surface area contributed by atoms with Gasteiger partial charge in [0, 0.05) is 10.8 Å². The van der Waals surface area contributed by atoms with Gasteiger partial charge >= 0.3 is 5.63 Å². The summed E-state index contributed by atoms with van der Waals surface area (Å²) in [4.78, 5) is 12.6. The second-order valence-electron chi connectivity index (χ2n) is 7.22. The molecule has 0 aliphatic rings. The molecule has 0 unspecified atom stereocenters. The monoisotopic (exact) mass is 374 g/mol. The van der Waals surface area contributed by atoms with Gasteiger partial charge in [0.25, 0.3) is 0 Å². The van der Waals surface area contributed by atoms with Crippen LogP contribution in [0.15, 0.2) is 63.8 Å². The van der Waals surface area contributed by atoms with Crippen LogP contribution in [0.1, 0.15) is 37.8 Å². The first-order valence-electron chi connectivity index (χ1n) is 9.89. The lowest BCUT2D eigenvalue weighted by atomic mass is 9.98. The molecule has 4 aromatic rings. The van der Waals surface area contributed by atoms with E-state index in [1.165, 1.54) is 5.56 Å². The number of halogens is 1. The van der Waals surface area contributed by atoms with Crippen molar-refractivity contribution in [2.24, 2.45) is 0 Å². The van der Waals surface area contributed by atoms with Gasteiger partial charge in [0.2, 0.25) is 0 Å². The number of unbranched alkanes of at least 4 members (excludes halogenated alkanes) is 1. The lowest BCUT2D eigenvalue weighted by Crippen LogP contribution is -2.02. The normalized spacial score (nSPS) is 11.4. The number of rotatable bonds is 5. The van der Waals surface area contributed by atoms with Gasteiger partial charge in [0.15, 0.2) is 11.4 Å². The summed E-state index contributed by atoms with van der Waals surface area (Å²) in [6, 6.07) is 17.7. The summed E-state index contributed by atoms with van der Waals surface area (Å²) >= 11 is 0. The van der Waals surface area contributed by atoms with Crippen LogP contribution in [0, 0.1) is 5.82 Å². The Balaban J connectivity index is 1.87. The van der Waals surface area contributed by atoms with Crippen LogP contribution >= 0.6 is 0 Å². The smallest absolute Gasteiger partial charge is 0.344 e. The Labute approximate surface area is 163 Å². The third kappa shape index (κ3) is 3.22. The average Bonchev–Trinajstić information content (AvgIpc) is 2.74. The number of hydrogen-bond donors (Lipinski definition) is 0. The maximum Gasteiger partial charge on any atom is 0.344 e. The van der Waals surface area contributed by atoms with E-state index in [4.69, 9.17) is 4.42 Å². The molecule has 0 atom stereocenters. The van der Waals surface area contributed by atoms with Crippen LogP contribution in [0.4, 0.5) is 4.39 Å². The molecule has 1 aromatic heterocycles. The van der Waals surface area contributed by atoms with Gasteiger partial charge in [-0.15, -0.1) is 0 Å². The minimum Gasteiger partial charge on any atom is -0.419 e. The molecule has 3 heteroatoms. The summed E-state index contributed by atoms with van der Waals surface area (Å²) in [6.07, 6.45) is 3.52. The van der Waals surface area contributed by atoms with Gasteiger partial charge in [-0.2, -0.15) is 0 Å². The molecular formula is C25H23FO2. The molecule has 0 aliphatic carbocycles.